The summed E-state index contributed by atoms with van der Waals surface area (Å²) in [5.41, 5.74) is -0.356. The quantitative estimate of drug-likeness (QED) is 0.663. The fraction of sp³-hybridized carbons (Fsp3) is 0.842. The van der Waals surface area contributed by atoms with Crippen molar-refractivity contribution in [1.29, 1.82) is 0 Å². The van der Waals surface area contributed by atoms with E-state index in [0.717, 1.165) is 32.1 Å². The van der Waals surface area contributed by atoms with Gasteiger partial charge in [0.1, 0.15) is 5.78 Å². The predicted molar refractivity (Wildman–Crippen MR) is 85.1 cm³/mol. The lowest BCUT2D eigenvalue weighted by Crippen LogP contribution is -2.59. The van der Waals surface area contributed by atoms with E-state index in [-0.39, 0.29) is 22.0 Å². The highest BCUT2D eigenvalue weighted by Gasteiger charge is 2.65. The number of fused-ring (bicyclic) bond motifs is 3. The molecule has 0 aromatic carbocycles. The Bertz CT molecular complexity index is 494. The van der Waals surface area contributed by atoms with Gasteiger partial charge in [0.05, 0.1) is 11.2 Å². The maximum atomic E-state index is 12.6. The van der Waals surface area contributed by atoms with Crippen LogP contribution in [0.1, 0.15) is 66.7 Å². The van der Waals surface area contributed by atoms with E-state index in [1.165, 1.54) is 0 Å². The second-order valence-corrected chi connectivity index (χ2v) is 8.94. The van der Waals surface area contributed by atoms with Gasteiger partial charge >= 0.3 is 0 Å². The van der Waals surface area contributed by atoms with Crippen molar-refractivity contribution in [2.45, 2.75) is 77.9 Å². The van der Waals surface area contributed by atoms with E-state index in [1.54, 1.807) is 0 Å². The molecule has 0 bridgehead atoms. The Morgan fingerprint density at radius 1 is 1.10 bits per heavy atom. The van der Waals surface area contributed by atoms with Crippen molar-refractivity contribution in [2.24, 2.45) is 22.7 Å². The third-order valence-electron chi connectivity index (χ3n) is 7.22. The van der Waals surface area contributed by atoms with Gasteiger partial charge in [-0.05, 0) is 56.8 Å². The van der Waals surface area contributed by atoms with E-state index in [1.807, 2.05) is 6.08 Å². The van der Waals surface area contributed by atoms with E-state index in [9.17, 15) is 4.79 Å². The highest BCUT2D eigenvalue weighted by Crippen LogP contribution is 2.66. The van der Waals surface area contributed by atoms with Gasteiger partial charge in [-0.25, -0.2) is 0 Å². The molecule has 0 radical (unpaired) electrons. The van der Waals surface area contributed by atoms with Gasteiger partial charge in [-0.15, -0.1) is 6.58 Å². The fourth-order valence-corrected chi connectivity index (χ4v) is 5.99. The molecule has 0 unspecified atom stereocenters. The second kappa shape index (κ2) is 4.22. The Kier molecular flexibility index (Phi) is 3.07. The van der Waals surface area contributed by atoms with Crippen LogP contribution in [-0.4, -0.2) is 17.0 Å². The van der Waals surface area contributed by atoms with Crippen LogP contribution >= 0.6 is 0 Å². The molecule has 3 fully saturated rings. The number of Topliss-reactive ketones (excluding diaryl/α,β-unsaturated/α-hetero) is 1. The van der Waals surface area contributed by atoms with Crippen molar-refractivity contribution in [3.63, 3.8) is 0 Å². The molecule has 2 heteroatoms. The van der Waals surface area contributed by atoms with Crippen LogP contribution in [0.3, 0.4) is 0 Å². The first-order valence-electron chi connectivity index (χ1n) is 8.44. The number of ketones is 1. The zero-order valence-corrected chi connectivity index (χ0v) is 14.3. The maximum absolute atomic E-state index is 12.6. The van der Waals surface area contributed by atoms with Gasteiger partial charge in [-0.1, -0.05) is 26.8 Å². The van der Waals surface area contributed by atoms with Crippen molar-refractivity contribution in [3.05, 3.63) is 12.7 Å². The van der Waals surface area contributed by atoms with E-state index < -0.39 is 0 Å². The van der Waals surface area contributed by atoms with Crippen LogP contribution in [0, 0.1) is 22.7 Å². The maximum Gasteiger partial charge on any atom is 0.139 e. The van der Waals surface area contributed by atoms with Crippen LogP contribution < -0.4 is 0 Å². The molecule has 1 heterocycles. The summed E-state index contributed by atoms with van der Waals surface area (Å²) in [6, 6.07) is 0. The Morgan fingerprint density at radius 2 is 1.71 bits per heavy atom. The Balaban J connectivity index is 1.98. The second-order valence-electron chi connectivity index (χ2n) is 8.94. The van der Waals surface area contributed by atoms with Crippen LogP contribution in [0.5, 0.6) is 0 Å². The zero-order chi connectivity index (χ0) is 15.7. The molecule has 0 amide bonds. The highest BCUT2D eigenvalue weighted by molar-refractivity contribution is 5.88. The number of hydrogen-bond donors (Lipinski definition) is 0. The zero-order valence-electron chi connectivity index (χ0n) is 14.3. The molecule has 2 aliphatic carbocycles. The van der Waals surface area contributed by atoms with Gasteiger partial charge in [0, 0.05) is 11.8 Å². The summed E-state index contributed by atoms with van der Waals surface area (Å²) in [4.78, 5) is 12.6. The molecule has 0 N–H and O–H groups in total. The molecular weight excluding hydrogens is 260 g/mol. The van der Waals surface area contributed by atoms with Crippen molar-refractivity contribution in [3.8, 4) is 0 Å². The molecular formula is C19H30O2. The highest BCUT2D eigenvalue weighted by atomic mass is 16.5. The van der Waals surface area contributed by atoms with Crippen LogP contribution in [-0.2, 0) is 9.53 Å². The fourth-order valence-electron chi connectivity index (χ4n) is 5.99. The Morgan fingerprint density at radius 3 is 2.33 bits per heavy atom. The lowest BCUT2D eigenvalue weighted by Gasteiger charge is -2.60. The first-order chi connectivity index (χ1) is 9.57. The van der Waals surface area contributed by atoms with Gasteiger partial charge in [0.2, 0.25) is 0 Å². The SMILES string of the molecule is C=C[C@@]1(C)CC[C@@H]2[C@]3(C)CC(=O)C(C)(C)[C@@H]3CC[C@]2(C)O1. The topological polar surface area (TPSA) is 26.3 Å². The molecule has 5 atom stereocenters. The first-order valence-corrected chi connectivity index (χ1v) is 8.44. The van der Waals surface area contributed by atoms with Crippen molar-refractivity contribution < 1.29 is 9.53 Å². The average molecular weight is 290 g/mol. The van der Waals surface area contributed by atoms with Gasteiger partial charge in [0.15, 0.2) is 0 Å². The third-order valence-corrected chi connectivity index (χ3v) is 7.22. The van der Waals surface area contributed by atoms with E-state index in [2.05, 4.69) is 41.2 Å². The van der Waals surface area contributed by atoms with Crippen molar-refractivity contribution in [2.75, 3.05) is 0 Å². The third kappa shape index (κ3) is 1.91. The molecule has 21 heavy (non-hydrogen) atoms. The van der Waals surface area contributed by atoms with Crippen LogP contribution in [0.4, 0.5) is 0 Å². The van der Waals surface area contributed by atoms with E-state index >= 15 is 0 Å². The summed E-state index contributed by atoms with van der Waals surface area (Å²) in [7, 11) is 0. The smallest absolute Gasteiger partial charge is 0.139 e. The normalized spacial score (nSPS) is 52.1. The minimum Gasteiger partial charge on any atom is -0.365 e. The lowest BCUT2D eigenvalue weighted by molar-refractivity contribution is -0.236. The summed E-state index contributed by atoms with van der Waals surface area (Å²) in [6.07, 6.45) is 7.04. The molecule has 2 saturated carbocycles. The molecule has 3 rings (SSSR count). The van der Waals surface area contributed by atoms with Crippen LogP contribution in [0.2, 0.25) is 0 Å². The number of hydrogen-bond acceptors (Lipinski definition) is 2. The summed E-state index contributed by atoms with van der Waals surface area (Å²) in [5.74, 6) is 1.45. The van der Waals surface area contributed by atoms with E-state index in [0.29, 0.717) is 17.6 Å². The molecule has 3 aliphatic rings. The molecule has 0 aromatic heterocycles. The monoisotopic (exact) mass is 290 g/mol. The summed E-state index contributed by atoms with van der Waals surface area (Å²) in [5, 5.41) is 0. The average Bonchev–Trinajstić information content (AvgIpc) is 2.54. The summed E-state index contributed by atoms with van der Waals surface area (Å²) in [6.45, 7) is 15.1. The van der Waals surface area contributed by atoms with Crippen molar-refractivity contribution >= 4 is 5.78 Å². The standard InChI is InChI=1S/C19H30O2/c1-7-17(4)10-8-14-18(5)12-15(20)16(2,3)13(18)9-11-19(14,6)21-17/h7,13-14H,1,8-12H2,2-6H3/t13-,14+,17-,18+,19-/m0/s1. The van der Waals surface area contributed by atoms with Gasteiger partial charge < -0.3 is 4.74 Å². The molecule has 1 saturated heterocycles. The number of ether oxygens (including phenoxy) is 1. The Labute approximate surface area is 129 Å². The van der Waals surface area contributed by atoms with Gasteiger partial charge in [-0.2, -0.15) is 0 Å². The number of carbonyl (C=O) groups is 1. The van der Waals surface area contributed by atoms with Crippen LogP contribution in [0.15, 0.2) is 12.7 Å². The minimum atomic E-state index is -0.202. The molecule has 118 valence electrons. The number of carbonyl (C=O) groups excluding carboxylic acids is 1. The predicted octanol–water partition coefficient (Wildman–Crippen LogP) is 4.53. The van der Waals surface area contributed by atoms with Crippen molar-refractivity contribution in [1.82, 2.24) is 0 Å². The molecule has 1 aliphatic heterocycles. The first kappa shape index (κ1) is 15.3. The number of rotatable bonds is 1. The molecule has 0 aromatic rings. The molecule has 0 spiro atoms. The Hall–Kier alpha value is -0.630. The summed E-state index contributed by atoms with van der Waals surface area (Å²) < 4.78 is 6.56. The van der Waals surface area contributed by atoms with Gasteiger partial charge in [0.25, 0.3) is 0 Å². The largest absolute Gasteiger partial charge is 0.365 e. The van der Waals surface area contributed by atoms with E-state index in [4.69, 9.17) is 4.74 Å². The lowest BCUT2D eigenvalue weighted by atomic mass is 9.52. The van der Waals surface area contributed by atoms with Gasteiger partial charge in [-0.3, -0.25) is 4.79 Å². The molecule has 2 nitrogen and oxygen atoms in total. The van der Waals surface area contributed by atoms with Crippen LogP contribution in [0.25, 0.3) is 0 Å². The minimum absolute atomic E-state index is 0.104. The summed E-state index contributed by atoms with van der Waals surface area (Å²) >= 11 is 0.